The molecule has 8 heteroatoms. The van der Waals surface area contributed by atoms with Crippen LogP contribution in [0, 0.1) is 5.92 Å². The number of nitrogens with zero attached hydrogens (tertiary/aromatic N) is 2. The largest absolute Gasteiger partial charge is 0.473 e. The van der Waals surface area contributed by atoms with Crippen LogP contribution in [-0.4, -0.2) is 44.1 Å². The number of nitrogens with one attached hydrogen (secondary N) is 1. The zero-order valence-electron chi connectivity index (χ0n) is 12.1. The van der Waals surface area contributed by atoms with Crippen LogP contribution in [0.15, 0.2) is 0 Å². The summed E-state index contributed by atoms with van der Waals surface area (Å²) in [6.07, 6.45) is 6.73. The Morgan fingerprint density at radius 1 is 1.14 bits per heavy atom. The molecule has 0 radical (unpaired) electrons. The highest BCUT2D eigenvalue weighted by Gasteiger charge is 2.38. The second kappa shape index (κ2) is 6.29. The van der Waals surface area contributed by atoms with Gasteiger partial charge in [-0.05, 0) is 56.1 Å². The van der Waals surface area contributed by atoms with E-state index in [-0.39, 0.29) is 0 Å². The van der Waals surface area contributed by atoms with E-state index in [9.17, 15) is 0 Å². The quantitative estimate of drug-likeness (QED) is 0.705. The number of aromatic nitrogens is 2. The van der Waals surface area contributed by atoms with E-state index in [0.717, 1.165) is 11.7 Å². The Balaban J connectivity index is 0.000000209. The second-order valence-corrected chi connectivity index (χ2v) is 6.96. The molecule has 4 aliphatic rings. The summed E-state index contributed by atoms with van der Waals surface area (Å²) in [7, 11) is 0. The van der Waals surface area contributed by atoms with Crippen LogP contribution in [0.1, 0.15) is 54.8 Å². The zero-order valence-corrected chi connectivity index (χ0v) is 12.9. The van der Waals surface area contributed by atoms with Crippen molar-refractivity contribution in [2.45, 2.75) is 50.0 Å². The number of carboxylic acid groups (broad SMARTS) is 2. The van der Waals surface area contributed by atoms with Crippen LogP contribution < -0.4 is 5.32 Å². The molecule has 120 valence electrons. The summed E-state index contributed by atoms with van der Waals surface area (Å²) < 4.78 is 4.54. The Hall–Kier alpha value is -1.54. The van der Waals surface area contributed by atoms with Crippen molar-refractivity contribution in [3.05, 3.63) is 10.8 Å². The molecule has 2 saturated heterocycles. The van der Waals surface area contributed by atoms with Gasteiger partial charge >= 0.3 is 11.9 Å². The number of rotatable bonds is 2. The van der Waals surface area contributed by atoms with Crippen LogP contribution in [0.2, 0.25) is 0 Å². The van der Waals surface area contributed by atoms with Crippen molar-refractivity contribution in [2.75, 3.05) is 6.54 Å². The van der Waals surface area contributed by atoms with Crippen molar-refractivity contribution < 1.29 is 19.8 Å². The first-order valence-electron chi connectivity index (χ1n) is 7.57. The number of carbonyl (C=O) groups is 2. The van der Waals surface area contributed by atoms with Gasteiger partial charge in [-0.25, -0.2) is 14.6 Å². The van der Waals surface area contributed by atoms with Gasteiger partial charge in [0.05, 0.1) is 0 Å². The van der Waals surface area contributed by atoms with E-state index in [2.05, 4.69) is 9.69 Å². The minimum absolute atomic E-state index is 0.664. The summed E-state index contributed by atoms with van der Waals surface area (Å²) in [4.78, 5) is 23.0. The van der Waals surface area contributed by atoms with E-state index in [1.165, 1.54) is 43.7 Å². The number of fused-ring (bicyclic) bond motifs is 3. The minimum Gasteiger partial charge on any atom is -0.473 e. The Morgan fingerprint density at radius 3 is 2.32 bits per heavy atom. The predicted octanol–water partition coefficient (Wildman–Crippen LogP) is 1.43. The standard InChI is InChI=1S/C12H17N3S.C2H2O4/c1-4-10-9(5-7(1)6-13-10)12-14-11(15-16-12)8-2-3-8;3-1(4)2(5)6/h7-10,13H,1-6H2;(H,3,4)(H,5,6). The smallest absolute Gasteiger partial charge is 0.414 e. The molecule has 0 amide bonds. The van der Waals surface area contributed by atoms with E-state index in [1.807, 2.05) is 0 Å². The van der Waals surface area contributed by atoms with Gasteiger partial charge in [-0.15, -0.1) is 0 Å². The van der Waals surface area contributed by atoms with Gasteiger partial charge < -0.3 is 15.5 Å². The molecule has 3 atom stereocenters. The number of carboxylic acids is 2. The fourth-order valence-corrected chi connectivity index (χ4v) is 4.09. The van der Waals surface area contributed by atoms with E-state index >= 15 is 0 Å². The van der Waals surface area contributed by atoms with Crippen LogP contribution in [-0.2, 0) is 9.59 Å². The normalized spacial score (nSPS) is 29.5. The minimum atomic E-state index is -1.82. The van der Waals surface area contributed by atoms with Crippen LogP contribution in [0.5, 0.6) is 0 Å². The molecule has 22 heavy (non-hydrogen) atoms. The lowest BCUT2D eigenvalue weighted by Crippen LogP contribution is -2.48. The van der Waals surface area contributed by atoms with Gasteiger partial charge in [0.1, 0.15) is 10.8 Å². The SMILES string of the molecule is C1CC2NCC1CC2c1nc(C2CC2)ns1.O=C(O)C(=O)O. The van der Waals surface area contributed by atoms with Gasteiger partial charge in [-0.1, -0.05) is 0 Å². The Labute approximate surface area is 131 Å². The van der Waals surface area contributed by atoms with Gasteiger partial charge in [0.2, 0.25) is 0 Å². The van der Waals surface area contributed by atoms with Gasteiger partial charge in [0.15, 0.2) is 0 Å². The van der Waals surface area contributed by atoms with E-state index in [0.29, 0.717) is 17.9 Å². The number of hydrogen-bond donors (Lipinski definition) is 3. The van der Waals surface area contributed by atoms with Crippen LogP contribution in [0.25, 0.3) is 0 Å². The Morgan fingerprint density at radius 2 is 1.86 bits per heavy atom. The second-order valence-electron chi connectivity index (χ2n) is 6.18. The third-order valence-corrected chi connectivity index (χ3v) is 5.39. The van der Waals surface area contributed by atoms with E-state index in [1.54, 1.807) is 11.5 Å². The maximum absolute atomic E-state index is 9.10. The third kappa shape index (κ3) is 3.44. The highest BCUT2D eigenvalue weighted by molar-refractivity contribution is 7.05. The number of hydrogen-bond acceptors (Lipinski definition) is 6. The van der Waals surface area contributed by atoms with Gasteiger partial charge in [0.25, 0.3) is 0 Å². The fraction of sp³-hybridized carbons (Fsp3) is 0.714. The molecule has 0 spiro atoms. The molecular formula is C14H19N3O4S. The third-order valence-electron chi connectivity index (χ3n) is 4.53. The Bertz CT molecular complexity index is 552. The summed E-state index contributed by atoms with van der Waals surface area (Å²) in [5, 5.41) is 19.8. The average Bonchev–Trinajstić information content (AvgIpc) is 3.26. The van der Waals surface area contributed by atoms with Gasteiger partial charge in [0, 0.05) is 17.9 Å². The highest BCUT2D eigenvalue weighted by Crippen LogP contribution is 2.43. The molecule has 2 aliphatic heterocycles. The molecule has 1 aromatic heterocycles. The average molecular weight is 325 g/mol. The lowest BCUT2D eigenvalue weighted by atomic mass is 9.74. The van der Waals surface area contributed by atoms with Gasteiger partial charge in [-0.2, -0.15) is 4.37 Å². The van der Waals surface area contributed by atoms with Crippen LogP contribution >= 0.6 is 11.5 Å². The molecule has 2 bridgehead atoms. The number of aliphatic carboxylic acids is 2. The molecule has 5 rings (SSSR count). The molecule has 7 nitrogen and oxygen atoms in total. The zero-order chi connectivity index (χ0) is 15.7. The van der Waals surface area contributed by atoms with E-state index in [4.69, 9.17) is 24.8 Å². The lowest BCUT2D eigenvalue weighted by molar-refractivity contribution is -0.159. The molecule has 1 aromatic rings. The number of piperidine rings is 2. The lowest BCUT2D eigenvalue weighted by Gasteiger charge is -2.42. The molecule has 0 aromatic carbocycles. The van der Waals surface area contributed by atoms with Gasteiger partial charge in [-0.3, -0.25) is 0 Å². The first kappa shape index (κ1) is 15.4. The summed E-state index contributed by atoms with van der Waals surface area (Å²) in [5.74, 6) is -0.244. The molecule has 3 N–H and O–H groups in total. The van der Waals surface area contributed by atoms with Crippen LogP contribution in [0.3, 0.4) is 0 Å². The molecule has 4 fully saturated rings. The molecule has 3 heterocycles. The van der Waals surface area contributed by atoms with Crippen molar-refractivity contribution in [3.8, 4) is 0 Å². The molecule has 2 saturated carbocycles. The first-order chi connectivity index (χ1) is 10.5. The molecule has 3 unspecified atom stereocenters. The van der Waals surface area contributed by atoms with Crippen molar-refractivity contribution in [1.82, 2.24) is 14.7 Å². The van der Waals surface area contributed by atoms with Crippen molar-refractivity contribution in [2.24, 2.45) is 5.92 Å². The van der Waals surface area contributed by atoms with Crippen molar-refractivity contribution >= 4 is 23.5 Å². The molecule has 2 aliphatic carbocycles. The first-order valence-corrected chi connectivity index (χ1v) is 8.35. The van der Waals surface area contributed by atoms with Crippen molar-refractivity contribution in [3.63, 3.8) is 0 Å². The highest BCUT2D eigenvalue weighted by atomic mass is 32.1. The monoisotopic (exact) mass is 325 g/mol. The van der Waals surface area contributed by atoms with Crippen molar-refractivity contribution in [1.29, 1.82) is 0 Å². The van der Waals surface area contributed by atoms with Crippen LogP contribution in [0.4, 0.5) is 0 Å². The summed E-state index contributed by atoms with van der Waals surface area (Å²) in [6, 6.07) is 0.685. The predicted molar refractivity (Wildman–Crippen MR) is 79.0 cm³/mol. The maximum Gasteiger partial charge on any atom is 0.414 e. The summed E-state index contributed by atoms with van der Waals surface area (Å²) in [6.45, 7) is 1.23. The molecular weight excluding hydrogens is 306 g/mol. The summed E-state index contributed by atoms with van der Waals surface area (Å²) >= 11 is 1.66. The Kier molecular flexibility index (Phi) is 4.39. The van der Waals surface area contributed by atoms with E-state index < -0.39 is 11.9 Å². The topological polar surface area (TPSA) is 112 Å². The fourth-order valence-electron chi connectivity index (χ4n) is 3.18. The summed E-state index contributed by atoms with van der Waals surface area (Å²) in [5.41, 5.74) is 0. The maximum atomic E-state index is 9.10.